The number of benzene rings is 2. The SMILES string of the molecule is CC(=O)Nc1ccc(Sc2ccccc2CO)cc1. The van der Waals surface area contributed by atoms with Gasteiger partial charge in [0.15, 0.2) is 0 Å². The molecule has 19 heavy (non-hydrogen) atoms. The van der Waals surface area contributed by atoms with Gasteiger partial charge in [0.1, 0.15) is 0 Å². The van der Waals surface area contributed by atoms with Gasteiger partial charge >= 0.3 is 0 Å². The molecule has 98 valence electrons. The highest BCUT2D eigenvalue weighted by Gasteiger charge is 2.03. The molecule has 0 atom stereocenters. The van der Waals surface area contributed by atoms with E-state index in [1.807, 2.05) is 48.5 Å². The van der Waals surface area contributed by atoms with Gasteiger partial charge in [-0.1, -0.05) is 30.0 Å². The second-order valence-electron chi connectivity index (χ2n) is 4.07. The Balaban J connectivity index is 2.13. The fraction of sp³-hybridized carbons (Fsp3) is 0.133. The zero-order valence-corrected chi connectivity index (χ0v) is 11.4. The zero-order valence-electron chi connectivity index (χ0n) is 10.6. The molecule has 3 nitrogen and oxygen atoms in total. The molecule has 0 bridgehead atoms. The van der Waals surface area contributed by atoms with E-state index >= 15 is 0 Å². The molecule has 0 saturated carbocycles. The maximum atomic E-state index is 10.9. The van der Waals surface area contributed by atoms with Crippen molar-refractivity contribution in [3.63, 3.8) is 0 Å². The normalized spacial score (nSPS) is 10.2. The topological polar surface area (TPSA) is 49.3 Å². The van der Waals surface area contributed by atoms with E-state index in [1.165, 1.54) is 6.92 Å². The minimum Gasteiger partial charge on any atom is -0.392 e. The maximum Gasteiger partial charge on any atom is 0.221 e. The highest BCUT2D eigenvalue weighted by molar-refractivity contribution is 7.99. The molecule has 2 N–H and O–H groups in total. The molecule has 0 aliphatic heterocycles. The first-order valence-electron chi connectivity index (χ1n) is 5.93. The van der Waals surface area contributed by atoms with Crippen LogP contribution in [0.5, 0.6) is 0 Å². The van der Waals surface area contributed by atoms with Crippen LogP contribution in [0.2, 0.25) is 0 Å². The Bertz CT molecular complexity index is 567. The number of rotatable bonds is 4. The van der Waals surface area contributed by atoms with E-state index in [0.717, 1.165) is 21.0 Å². The van der Waals surface area contributed by atoms with E-state index in [4.69, 9.17) is 0 Å². The predicted molar refractivity (Wildman–Crippen MR) is 77.2 cm³/mol. The van der Waals surface area contributed by atoms with Gasteiger partial charge in [-0.05, 0) is 35.9 Å². The third kappa shape index (κ3) is 3.84. The minimum absolute atomic E-state index is 0.0349. The van der Waals surface area contributed by atoms with Crippen LogP contribution in [0, 0.1) is 0 Å². The average molecular weight is 273 g/mol. The summed E-state index contributed by atoms with van der Waals surface area (Å²) in [6, 6.07) is 15.4. The monoisotopic (exact) mass is 273 g/mol. The third-order valence-corrected chi connectivity index (χ3v) is 3.67. The summed E-state index contributed by atoms with van der Waals surface area (Å²) < 4.78 is 0. The maximum absolute atomic E-state index is 10.9. The Labute approximate surface area is 116 Å². The summed E-state index contributed by atoms with van der Waals surface area (Å²) in [4.78, 5) is 13.0. The average Bonchev–Trinajstić information content (AvgIpc) is 2.41. The van der Waals surface area contributed by atoms with Gasteiger partial charge < -0.3 is 10.4 Å². The fourth-order valence-corrected chi connectivity index (χ4v) is 2.61. The van der Waals surface area contributed by atoms with Crippen molar-refractivity contribution in [2.75, 3.05) is 5.32 Å². The number of hydrogen-bond acceptors (Lipinski definition) is 3. The number of anilines is 1. The summed E-state index contributed by atoms with van der Waals surface area (Å²) in [6.45, 7) is 1.52. The lowest BCUT2D eigenvalue weighted by atomic mass is 10.2. The third-order valence-electron chi connectivity index (χ3n) is 2.55. The molecular formula is C15H15NO2S. The standard InChI is InChI=1S/C15H15NO2S/c1-11(18)16-13-6-8-14(9-7-13)19-15-5-3-2-4-12(15)10-17/h2-9,17H,10H2,1H3,(H,16,18). The molecule has 0 aliphatic carbocycles. The molecule has 2 rings (SSSR count). The summed E-state index contributed by atoms with van der Waals surface area (Å²) in [6.07, 6.45) is 0. The highest BCUT2D eigenvalue weighted by atomic mass is 32.2. The van der Waals surface area contributed by atoms with Crippen LogP contribution in [0.15, 0.2) is 58.3 Å². The lowest BCUT2D eigenvalue weighted by molar-refractivity contribution is -0.114. The van der Waals surface area contributed by atoms with Crippen molar-refractivity contribution in [3.05, 3.63) is 54.1 Å². The predicted octanol–water partition coefficient (Wildman–Crippen LogP) is 3.29. The number of carbonyl (C=O) groups excluding carboxylic acids is 1. The van der Waals surface area contributed by atoms with Gasteiger partial charge in [0.05, 0.1) is 6.61 Å². The summed E-state index contributed by atoms with van der Waals surface area (Å²) >= 11 is 1.59. The Morgan fingerprint density at radius 1 is 1.16 bits per heavy atom. The van der Waals surface area contributed by atoms with Crippen molar-refractivity contribution in [1.82, 2.24) is 0 Å². The molecule has 0 spiro atoms. The first kappa shape index (κ1) is 13.6. The molecule has 2 aromatic carbocycles. The molecule has 4 heteroatoms. The smallest absolute Gasteiger partial charge is 0.221 e. The van der Waals surface area contributed by atoms with Crippen molar-refractivity contribution in [3.8, 4) is 0 Å². The second-order valence-corrected chi connectivity index (χ2v) is 5.19. The van der Waals surface area contributed by atoms with Crippen LogP contribution in [0.4, 0.5) is 5.69 Å². The number of nitrogens with one attached hydrogen (secondary N) is 1. The van der Waals surface area contributed by atoms with E-state index in [2.05, 4.69) is 5.32 Å². The van der Waals surface area contributed by atoms with E-state index in [9.17, 15) is 9.90 Å². The lowest BCUT2D eigenvalue weighted by Crippen LogP contribution is -2.05. The van der Waals surface area contributed by atoms with E-state index in [-0.39, 0.29) is 12.5 Å². The summed E-state index contributed by atoms with van der Waals surface area (Å²) in [5, 5.41) is 12.0. The zero-order chi connectivity index (χ0) is 13.7. The number of aliphatic hydroxyl groups is 1. The molecule has 0 aromatic heterocycles. The van der Waals surface area contributed by atoms with E-state index < -0.39 is 0 Å². The molecule has 0 saturated heterocycles. The van der Waals surface area contributed by atoms with Gasteiger partial charge in [0, 0.05) is 22.4 Å². The van der Waals surface area contributed by atoms with Crippen molar-refractivity contribution >= 4 is 23.4 Å². The largest absolute Gasteiger partial charge is 0.392 e. The van der Waals surface area contributed by atoms with Crippen molar-refractivity contribution in [2.45, 2.75) is 23.3 Å². The van der Waals surface area contributed by atoms with Crippen LogP contribution in [0.3, 0.4) is 0 Å². The first-order chi connectivity index (χ1) is 9.19. The van der Waals surface area contributed by atoms with Crippen molar-refractivity contribution in [2.24, 2.45) is 0 Å². The Morgan fingerprint density at radius 3 is 2.47 bits per heavy atom. The number of amides is 1. The number of aliphatic hydroxyl groups excluding tert-OH is 1. The van der Waals surface area contributed by atoms with Crippen LogP contribution in [-0.2, 0) is 11.4 Å². The Hall–Kier alpha value is -1.78. The molecule has 0 fully saturated rings. The van der Waals surface area contributed by atoms with Crippen LogP contribution < -0.4 is 5.32 Å². The van der Waals surface area contributed by atoms with Gasteiger partial charge in [0.2, 0.25) is 5.91 Å². The van der Waals surface area contributed by atoms with E-state index in [0.29, 0.717) is 0 Å². The number of carbonyl (C=O) groups is 1. The van der Waals surface area contributed by atoms with Crippen LogP contribution in [-0.4, -0.2) is 11.0 Å². The van der Waals surface area contributed by atoms with Crippen LogP contribution in [0.1, 0.15) is 12.5 Å². The van der Waals surface area contributed by atoms with Crippen molar-refractivity contribution < 1.29 is 9.90 Å². The van der Waals surface area contributed by atoms with Crippen LogP contribution >= 0.6 is 11.8 Å². The Kier molecular flexibility index (Phi) is 4.60. The second kappa shape index (κ2) is 6.41. The Morgan fingerprint density at radius 2 is 1.84 bits per heavy atom. The molecule has 0 heterocycles. The lowest BCUT2D eigenvalue weighted by Gasteiger charge is -2.07. The molecule has 0 aliphatic rings. The molecular weight excluding hydrogens is 258 g/mol. The summed E-state index contributed by atoms with van der Waals surface area (Å²) in [5.74, 6) is -0.0778. The molecule has 0 radical (unpaired) electrons. The fourth-order valence-electron chi connectivity index (χ4n) is 1.67. The van der Waals surface area contributed by atoms with Gasteiger partial charge in [-0.3, -0.25) is 4.79 Å². The van der Waals surface area contributed by atoms with Gasteiger partial charge in [-0.25, -0.2) is 0 Å². The van der Waals surface area contributed by atoms with Gasteiger partial charge in [-0.15, -0.1) is 0 Å². The first-order valence-corrected chi connectivity index (χ1v) is 6.75. The van der Waals surface area contributed by atoms with Gasteiger partial charge in [-0.2, -0.15) is 0 Å². The van der Waals surface area contributed by atoms with E-state index in [1.54, 1.807) is 11.8 Å². The van der Waals surface area contributed by atoms with Crippen LogP contribution in [0.25, 0.3) is 0 Å². The molecule has 2 aromatic rings. The van der Waals surface area contributed by atoms with Gasteiger partial charge in [0.25, 0.3) is 0 Å². The highest BCUT2D eigenvalue weighted by Crippen LogP contribution is 2.31. The summed E-state index contributed by atoms with van der Waals surface area (Å²) in [7, 11) is 0. The van der Waals surface area contributed by atoms with Crippen molar-refractivity contribution in [1.29, 1.82) is 0 Å². The quantitative estimate of drug-likeness (QED) is 0.898. The molecule has 0 unspecified atom stereocenters. The molecule has 1 amide bonds. The summed E-state index contributed by atoms with van der Waals surface area (Å²) in [5.41, 5.74) is 1.70. The minimum atomic E-state index is -0.0778. The number of hydrogen-bond donors (Lipinski definition) is 2.